The molecule has 1 fully saturated rings. The molecule has 0 radical (unpaired) electrons. The zero-order valence-corrected chi connectivity index (χ0v) is 13.9. The van der Waals surface area contributed by atoms with Crippen LogP contribution in [0.2, 0.25) is 0 Å². The molecule has 0 spiro atoms. The molecule has 8 heteroatoms. The van der Waals surface area contributed by atoms with Crippen LogP contribution < -0.4 is 5.32 Å². The average Bonchev–Trinajstić information content (AvgIpc) is 3.15. The van der Waals surface area contributed by atoms with E-state index in [1.807, 2.05) is 6.07 Å². The van der Waals surface area contributed by atoms with Gasteiger partial charge in [-0.05, 0) is 22.4 Å². The first-order valence-corrected chi connectivity index (χ1v) is 8.60. The average molecular weight is 332 g/mol. The van der Waals surface area contributed by atoms with Crippen LogP contribution in [0.25, 0.3) is 0 Å². The Bertz CT molecular complexity index is 646. The first-order chi connectivity index (χ1) is 11.2. The van der Waals surface area contributed by atoms with E-state index >= 15 is 0 Å². The fourth-order valence-electron chi connectivity index (χ4n) is 2.68. The summed E-state index contributed by atoms with van der Waals surface area (Å²) in [6.45, 7) is 2.85. The smallest absolute Gasteiger partial charge is 0.230 e. The van der Waals surface area contributed by atoms with Gasteiger partial charge in [-0.15, -0.1) is 5.10 Å². The first-order valence-electron chi connectivity index (χ1n) is 7.61. The van der Waals surface area contributed by atoms with E-state index in [0.29, 0.717) is 10.9 Å². The van der Waals surface area contributed by atoms with Crippen LogP contribution in [0.5, 0.6) is 0 Å². The van der Waals surface area contributed by atoms with Gasteiger partial charge in [-0.1, -0.05) is 42.1 Å². The molecule has 23 heavy (non-hydrogen) atoms. The lowest BCUT2D eigenvalue weighted by atomic mass is 10.2. The highest BCUT2D eigenvalue weighted by molar-refractivity contribution is 7.99. The Balaban J connectivity index is 1.41. The van der Waals surface area contributed by atoms with E-state index in [1.165, 1.54) is 17.3 Å². The zero-order valence-electron chi connectivity index (χ0n) is 13.1. The molecule has 1 aliphatic heterocycles. The Morgan fingerprint density at radius 1 is 1.39 bits per heavy atom. The summed E-state index contributed by atoms with van der Waals surface area (Å²) >= 11 is 1.35. The number of aryl methyl sites for hydroxylation is 1. The SMILES string of the molecule is Cn1nnnc1SCC(=O)N[C@H]1CCN(Cc2ccccc2)C1. The van der Waals surface area contributed by atoms with E-state index in [-0.39, 0.29) is 11.9 Å². The Kier molecular flexibility index (Phi) is 5.24. The highest BCUT2D eigenvalue weighted by atomic mass is 32.2. The number of likely N-dealkylation sites (tertiary alicyclic amines) is 1. The van der Waals surface area contributed by atoms with Gasteiger partial charge in [-0.2, -0.15) is 0 Å². The molecule has 3 rings (SSSR count). The number of nitrogens with one attached hydrogen (secondary N) is 1. The van der Waals surface area contributed by atoms with Crippen molar-refractivity contribution < 1.29 is 4.79 Å². The summed E-state index contributed by atoms with van der Waals surface area (Å²) in [6.07, 6.45) is 0.995. The molecule has 7 nitrogen and oxygen atoms in total. The number of tetrazole rings is 1. The third-order valence-electron chi connectivity index (χ3n) is 3.80. The van der Waals surface area contributed by atoms with Crippen LogP contribution in [0.1, 0.15) is 12.0 Å². The van der Waals surface area contributed by atoms with Gasteiger partial charge in [-0.3, -0.25) is 9.69 Å². The van der Waals surface area contributed by atoms with E-state index in [9.17, 15) is 4.79 Å². The molecule has 1 aromatic heterocycles. The van der Waals surface area contributed by atoms with Gasteiger partial charge in [0.05, 0.1) is 5.75 Å². The van der Waals surface area contributed by atoms with Crippen molar-refractivity contribution in [3.05, 3.63) is 35.9 Å². The largest absolute Gasteiger partial charge is 0.351 e. The lowest BCUT2D eigenvalue weighted by molar-refractivity contribution is -0.119. The standard InChI is InChI=1S/C15H20N6OS/c1-20-15(17-18-19-20)23-11-14(22)16-13-7-8-21(10-13)9-12-5-3-2-4-6-12/h2-6,13H,7-11H2,1H3,(H,16,22)/t13-/m0/s1. The topological polar surface area (TPSA) is 75.9 Å². The lowest BCUT2D eigenvalue weighted by Gasteiger charge is -2.16. The lowest BCUT2D eigenvalue weighted by Crippen LogP contribution is -2.38. The van der Waals surface area contributed by atoms with E-state index in [1.54, 1.807) is 11.7 Å². The van der Waals surface area contributed by atoms with Crippen LogP contribution in [-0.4, -0.2) is 55.9 Å². The summed E-state index contributed by atoms with van der Waals surface area (Å²) < 4.78 is 1.56. The van der Waals surface area contributed by atoms with E-state index in [4.69, 9.17) is 0 Å². The third-order valence-corrected chi connectivity index (χ3v) is 4.81. The minimum Gasteiger partial charge on any atom is -0.351 e. The Morgan fingerprint density at radius 2 is 2.22 bits per heavy atom. The molecule has 0 aliphatic carbocycles. The number of aromatic nitrogens is 4. The van der Waals surface area contributed by atoms with Crippen molar-refractivity contribution in [3.8, 4) is 0 Å². The van der Waals surface area contributed by atoms with Crippen LogP contribution in [0.3, 0.4) is 0 Å². The van der Waals surface area contributed by atoms with E-state index in [0.717, 1.165) is 26.1 Å². The molecule has 1 aliphatic rings. The fraction of sp³-hybridized carbons (Fsp3) is 0.467. The molecular formula is C15H20N6OS. The second kappa shape index (κ2) is 7.56. The predicted octanol–water partition coefficient (Wildman–Crippen LogP) is 0.693. The number of hydrogen-bond donors (Lipinski definition) is 1. The molecule has 2 aromatic rings. The van der Waals surface area contributed by atoms with Crippen LogP contribution in [0.15, 0.2) is 35.5 Å². The number of nitrogens with zero attached hydrogens (tertiary/aromatic N) is 5. The zero-order chi connectivity index (χ0) is 16.1. The molecule has 0 bridgehead atoms. The normalized spacial score (nSPS) is 18.2. The molecule has 1 aromatic carbocycles. The summed E-state index contributed by atoms with van der Waals surface area (Å²) in [5.41, 5.74) is 1.31. The molecule has 2 heterocycles. The fourth-order valence-corrected chi connectivity index (χ4v) is 3.34. The van der Waals surface area contributed by atoms with Crippen molar-refractivity contribution in [2.75, 3.05) is 18.8 Å². The Hall–Kier alpha value is -1.93. The molecular weight excluding hydrogens is 312 g/mol. The van der Waals surface area contributed by atoms with Crippen molar-refractivity contribution in [1.29, 1.82) is 0 Å². The summed E-state index contributed by atoms with van der Waals surface area (Å²) in [5.74, 6) is 0.369. The van der Waals surface area contributed by atoms with Gasteiger partial charge in [0, 0.05) is 32.7 Å². The molecule has 1 amide bonds. The first kappa shape index (κ1) is 15.9. The molecule has 1 N–H and O–H groups in total. The number of benzene rings is 1. The number of amides is 1. The highest BCUT2D eigenvalue weighted by Crippen LogP contribution is 2.15. The highest BCUT2D eigenvalue weighted by Gasteiger charge is 2.23. The summed E-state index contributed by atoms with van der Waals surface area (Å²) in [7, 11) is 1.76. The quantitative estimate of drug-likeness (QED) is 0.785. The van der Waals surface area contributed by atoms with Crippen molar-refractivity contribution >= 4 is 17.7 Å². The molecule has 1 atom stereocenters. The Morgan fingerprint density at radius 3 is 2.96 bits per heavy atom. The van der Waals surface area contributed by atoms with E-state index < -0.39 is 0 Å². The maximum absolute atomic E-state index is 12.0. The van der Waals surface area contributed by atoms with Crippen LogP contribution in [0.4, 0.5) is 0 Å². The van der Waals surface area contributed by atoms with Gasteiger partial charge in [0.15, 0.2) is 0 Å². The summed E-state index contributed by atoms with van der Waals surface area (Å²) in [6, 6.07) is 10.6. The van der Waals surface area contributed by atoms with Crippen LogP contribution in [-0.2, 0) is 18.4 Å². The van der Waals surface area contributed by atoms with Gasteiger partial charge in [-0.25, -0.2) is 4.68 Å². The van der Waals surface area contributed by atoms with Crippen LogP contribution in [0, 0.1) is 0 Å². The third kappa shape index (κ3) is 4.52. The van der Waals surface area contributed by atoms with Crippen LogP contribution >= 0.6 is 11.8 Å². The number of carbonyl (C=O) groups is 1. The second-order valence-electron chi connectivity index (χ2n) is 5.65. The van der Waals surface area contributed by atoms with Crippen molar-refractivity contribution in [3.63, 3.8) is 0 Å². The number of carbonyl (C=O) groups excluding carboxylic acids is 1. The molecule has 1 saturated heterocycles. The summed E-state index contributed by atoms with van der Waals surface area (Å²) in [5, 5.41) is 14.9. The van der Waals surface area contributed by atoms with E-state index in [2.05, 4.69) is 50.0 Å². The van der Waals surface area contributed by atoms with Gasteiger partial charge in [0.1, 0.15) is 0 Å². The maximum Gasteiger partial charge on any atom is 0.230 e. The van der Waals surface area contributed by atoms with Crippen molar-refractivity contribution in [2.45, 2.75) is 24.2 Å². The minimum atomic E-state index is 0.0320. The van der Waals surface area contributed by atoms with Gasteiger partial charge < -0.3 is 5.32 Å². The second-order valence-corrected chi connectivity index (χ2v) is 6.59. The van der Waals surface area contributed by atoms with Gasteiger partial charge in [0.2, 0.25) is 11.1 Å². The van der Waals surface area contributed by atoms with Gasteiger partial charge >= 0.3 is 0 Å². The maximum atomic E-state index is 12.0. The van der Waals surface area contributed by atoms with Gasteiger partial charge in [0.25, 0.3) is 0 Å². The Labute approximate surface area is 139 Å². The monoisotopic (exact) mass is 332 g/mol. The minimum absolute atomic E-state index is 0.0320. The predicted molar refractivity (Wildman–Crippen MR) is 87.8 cm³/mol. The molecule has 0 saturated carbocycles. The van der Waals surface area contributed by atoms with Crippen molar-refractivity contribution in [2.24, 2.45) is 7.05 Å². The molecule has 122 valence electrons. The number of rotatable bonds is 6. The molecule has 0 unspecified atom stereocenters. The number of hydrogen-bond acceptors (Lipinski definition) is 6. The number of thioether (sulfide) groups is 1. The summed E-state index contributed by atoms with van der Waals surface area (Å²) in [4.78, 5) is 14.4. The van der Waals surface area contributed by atoms with Crippen molar-refractivity contribution in [1.82, 2.24) is 30.4 Å².